The second-order valence-corrected chi connectivity index (χ2v) is 9.22. The molecule has 1 aliphatic carbocycles. The van der Waals surface area contributed by atoms with Gasteiger partial charge in [0.1, 0.15) is 28.4 Å². The molecule has 4 N–H and O–H groups in total. The van der Waals surface area contributed by atoms with Crippen molar-refractivity contribution in [2.24, 2.45) is 11.3 Å². The van der Waals surface area contributed by atoms with Crippen molar-refractivity contribution in [3.63, 3.8) is 0 Å². The van der Waals surface area contributed by atoms with Gasteiger partial charge in [-0.15, -0.1) is 6.58 Å². The van der Waals surface area contributed by atoms with Gasteiger partial charge in [-0.25, -0.2) is 14.0 Å². The number of hydrogen-bond donors (Lipinski definition) is 4. The van der Waals surface area contributed by atoms with E-state index in [9.17, 15) is 28.4 Å². The number of ketones is 1. The highest BCUT2D eigenvalue weighted by Gasteiger charge is 2.54. The molecule has 5 rings (SSSR count). The number of nitrogens with one attached hydrogen (secondary N) is 3. The summed E-state index contributed by atoms with van der Waals surface area (Å²) < 4.78 is 18.5. The SMILES string of the molecule is C=CCC1(C2C=CCC2)C(=O)NC(=O)NC1=O.Cc1onc(-c2cccc(F)c2)c1C(=O)c1c[nH]c(C(=O)O)c1. The fourth-order valence-electron chi connectivity index (χ4n) is 4.77. The highest BCUT2D eigenvalue weighted by atomic mass is 19.1. The first-order valence-corrected chi connectivity index (χ1v) is 12.2. The molecule has 4 amide bonds. The molecule has 2 aromatic heterocycles. The molecule has 1 aromatic carbocycles. The van der Waals surface area contributed by atoms with Crippen LogP contribution in [0.15, 0.2) is 65.9 Å². The lowest BCUT2D eigenvalue weighted by molar-refractivity contribution is -0.147. The standard InChI is InChI=1S/C16H11FN2O4.C12H14N2O3/c1-8-13(15(20)10-6-12(16(21)22)18-7-10)14(19-23-8)9-3-2-4-11(17)5-9;1-2-7-12(8-5-3-4-6-8)9(15)13-11(17)14-10(12)16/h2-7,18H,1H3,(H,21,22);2-3,5,8H,1,4,6-7H2,(H2,13,14,15,16,17). The zero-order valence-electron chi connectivity index (χ0n) is 21.3. The maximum atomic E-state index is 13.4. The number of urea groups is 1. The number of carbonyl (C=O) groups excluding carboxylic acids is 4. The summed E-state index contributed by atoms with van der Waals surface area (Å²) in [4.78, 5) is 61.2. The predicted molar refractivity (Wildman–Crippen MR) is 139 cm³/mol. The van der Waals surface area contributed by atoms with Gasteiger partial charge in [0, 0.05) is 23.2 Å². The van der Waals surface area contributed by atoms with E-state index < -0.39 is 40.8 Å². The Morgan fingerprint density at radius 2 is 1.95 bits per heavy atom. The third-order valence-corrected chi connectivity index (χ3v) is 6.74. The van der Waals surface area contributed by atoms with Gasteiger partial charge in [-0.1, -0.05) is 35.5 Å². The first-order chi connectivity index (χ1) is 19.1. The van der Waals surface area contributed by atoms with Crippen LogP contribution in [0, 0.1) is 24.1 Å². The van der Waals surface area contributed by atoms with Gasteiger partial charge in [0.25, 0.3) is 0 Å². The Balaban J connectivity index is 0.000000194. The molecule has 2 aliphatic rings. The third kappa shape index (κ3) is 5.23. The molecule has 3 heterocycles. The van der Waals surface area contributed by atoms with Crippen molar-refractivity contribution in [2.45, 2.75) is 26.2 Å². The molecule has 11 nitrogen and oxygen atoms in total. The minimum Gasteiger partial charge on any atom is -0.477 e. The number of carboxylic acids is 1. The van der Waals surface area contributed by atoms with Crippen LogP contribution in [0.5, 0.6) is 0 Å². The highest BCUT2D eigenvalue weighted by molar-refractivity contribution is 6.19. The monoisotopic (exact) mass is 548 g/mol. The van der Waals surface area contributed by atoms with Crippen LogP contribution >= 0.6 is 0 Å². The topological polar surface area (TPSA) is 171 Å². The number of nitrogens with zero attached hydrogens (tertiary/aromatic N) is 1. The van der Waals surface area contributed by atoms with E-state index in [2.05, 4.69) is 27.4 Å². The molecular formula is C28H25FN4O7. The Morgan fingerprint density at radius 1 is 1.23 bits per heavy atom. The average molecular weight is 549 g/mol. The predicted octanol–water partition coefficient (Wildman–Crippen LogP) is 3.93. The number of benzene rings is 1. The summed E-state index contributed by atoms with van der Waals surface area (Å²) in [5.41, 5.74) is -0.375. The summed E-state index contributed by atoms with van der Waals surface area (Å²) >= 11 is 0. The molecule has 0 radical (unpaired) electrons. The lowest BCUT2D eigenvalue weighted by atomic mass is 9.70. The van der Waals surface area contributed by atoms with E-state index in [0.717, 1.165) is 12.8 Å². The average Bonchev–Trinajstić information content (AvgIpc) is 3.68. The first kappa shape index (κ1) is 27.9. The van der Waals surface area contributed by atoms with Crippen LogP contribution in [0.2, 0.25) is 0 Å². The first-order valence-electron chi connectivity index (χ1n) is 12.2. The lowest BCUT2D eigenvalue weighted by Crippen LogP contribution is -2.64. The molecule has 1 saturated heterocycles. The zero-order valence-corrected chi connectivity index (χ0v) is 21.3. The molecular weight excluding hydrogens is 523 g/mol. The number of amides is 4. The summed E-state index contributed by atoms with van der Waals surface area (Å²) in [5, 5.41) is 17.1. The van der Waals surface area contributed by atoms with Crippen molar-refractivity contribution in [3.05, 3.63) is 89.7 Å². The third-order valence-electron chi connectivity index (χ3n) is 6.74. The Morgan fingerprint density at radius 3 is 2.52 bits per heavy atom. The van der Waals surface area contributed by atoms with Crippen molar-refractivity contribution < 1.29 is 38.0 Å². The number of imide groups is 2. The van der Waals surface area contributed by atoms with Gasteiger partial charge < -0.3 is 14.6 Å². The molecule has 1 unspecified atom stereocenters. The summed E-state index contributed by atoms with van der Waals surface area (Å²) in [5.74, 6) is -3.04. The van der Waals surface area contributed by atoms with Crippen molar-refractivity contribution in [1.82, 2.24) is 20.8 Å². The van der Waals surface area contributed by atoms with Gasteiger partial charge in [0.2, 0.25) is 11.8 Å². The minimum absolute atomic E-state index is 0.102. The molecule has 1 atom stereocenters. The number of aryl methyl sites for hydroxylation is 1. The van der Waals surface area contributed by atoms with Crippen LogP contribution in [-0.2, 0) is 9.59 Å². The smallest absolute Gasteiger partial charge is 0.352 e. The van der Waals surface area contributed by atoms with Crippen molar-refractivity contribution >= 4 is 29.6 Å². The summed E-state index contributed by atoms with van der Waals surface area (Å²) in [7, 11) is 0. The van der Waals surface area contributed by atoms with Gasteiger partial charge in [-0.2, -0.15) is 0 Å². The number of rotatable bonds is 7. The number of aromatic amines is 1. The number of aromatic nitrogens is 2. The number of carbonyl (C=O) groups is 5. The van der Waals surface area contributed by atoms with Crippen molar-refractivity contribution in [1.29, 1.82) is 0 Å². The molecule has 40 heavy (non-hydrogen) atoms. The van der Waals surface area contributed by atoms with E-state index in [1.54, 1.807) is 19.1 Å². The van der Waals surface area contributed by atoms with Crippen LogP contribution in [-0.4, -0.2) is 44.8 Å². The number of carboxylic acid groups (broad SMARTS) is 1. The maximum Gasteiger partial charge on any atom is 0.352 e. The summed E-state index contributed by atoms with van der Waals surface area (Å²) in [6.07, 6.45) is 8.48. The Bertz CT molecular complexity index is 1530. The van der Waals surface area contributed by atoms with Gasteiger partial charge in [0.15, 0.2) is 5.78 Å². The van der Waals surface area contributed by atoms with Crippen LogP contribution in [0.3, 0.4) is 0 Å². The molecule has 12 heteroatoms. The van der Waals surface area contributed by atoms with E-state index in [1.807, 2.05) is 12.2 Å². The van der Waals surface area contributed by atoms with Crippen molar-refractivity contribution in [3.8, 4) is 11.3 Å². The lowest BCUT2D eigenvalue weighted by Gasteiger charge is -2.37. The fourth-order valence-corrected chi connectivity index (χ4v) is 4.77. The Kier molecular flexibility index (Phi) is 7.89. The minimum atomic E-state index is -1.22. The molecule has 1 fully saturated rings. The maximum absolute atomic E-state index is 13.4. The normalized spacial score (nSPS) is 17.4. The van der Waals surface area contributed by atoms with Crippen LogP contribution in [0.1, 0.15) is 51.4 Å². The van der Waals surface area contributed by atoms with E-state index in [-0.39, 0.29) is 40.6 Å². The second-order valence-electron chi connectivity index (χ2n) is 9.22. The van der Waals surface area contributed by atoms with Crippen LogP contribution < -0.4 is 10.6 Å². The fraction of sp³-hybridized carbons (Fsp3) is 0.214. The quantitative estimate of drug-likeness (QED) is 0.195. The second kappa shape index (κ2) is 11.3. The van der Waals surface area contributed by atoms with Crippen molar-refractivity contribution in [2.75, 3.05) is 0 Å². The number of barbiturate groups is 1. The van der Waals surface area contributed by atoms with Gasteiger partial charge in [-0.3, -0.25) is 25.0 Å². The zero-order chi connectivity index (χ0) is 29.0. The summed E-state index contributed by atoms with van der Waals surface area (Å²) in [6.45, 7) is 5.15. The number of H-pyrrole nitrogens is 1. The largest absolute Gasteiger partial charge is 0.477 e. The molecule has 0 saturated carbocycles. The number of hydrogen-bond acceptors (Lipinski definition) is 7. The number of aromatic carboxylic acids is 1. The van der Waals surface area contributed by atoms with Crippen LogP contribution in [0.4, 0.5) is 9.18 Å². The van der Waals surface area contributed by atoms with Gasteiger partial charge in [-0.05, 0) is 44.4 Å². The molecule has 0 bridgehead atoms. The van der Waals surface area contributed by atoms with Crippen LogP contribution in [0.25, 0.3) is 11.3 Å². The Labute approximate surface area is 227 Å². The van der Waals surface area contributed by atoms with E-state index >= 15 is 0 Å². The molecule has 0 spiro atoms. The molecule has 3 aromatic rings. The van der Waals surface area contributed by atoms with Gasteiger partial charge >= 0.3 is 12.0 Å². The molecule has 206 valence electrons. The van der Waals surface area contributed by atoms with E-state index in [4.69, 9.17) is 9.63 Å². The molecule has 1 aliphatic heterocycles. The van der Waals surface area contributed by atoms with E-state index in [1.165, 1.54) is 30.5 Å². The summed E-state index contributed by atoms with van der Waals surface area (Å²) in [6, 6.07) is 6.11. The van der Waals surface area contributed by atoms with E-state index in [0.29, 0.717) is 5.56 Å². The highest BCUT2D eigenvalue weighted by Crippen LogP contribution is 2.41. The Hall–Kier alpha value is -5.13. The van der Waals surface area contributed by atoms with Gasteiger partial charge in [0.05, 0.1) is 5.56 Å². The number of halogens is 1. The number of allylic oxidation sites excluding steroid dienone is 3.